The maximum absolute atomic E-state index is 11.3. The van der Waals surface area contributed by atoms with Crippen LogP contribution in [0.25, 0.3) is 0 Å². The second-order valence-electron chi connectivity index (χ2n) is 4.36. The van der Waals surface area contributed by atoms with Crippen LogP contribution in [0.4, 0.5) is 5.69 Å². The van der Waals surface area contributed by atoms with E-state index in [-0.39, 0.29) is 11.3 Å². The topological polar surface area (TPSA) is 38.3 Å². The van der Waals surface area contributed by atoms with Gasteiger partial charge in [-0.1, -0.05) is 12.1 Å². The minimum Gasteiger partial charge on any atom is -0.496 e. The summed E-state index contributed by atoms with van der Waals surface area (Å²) in [6.45, 7) is 0. The van der Waals surface area contributed by atoms with Crippen LogP contribution in [0.2, 0.25) is 0 Å². The fraction of sp³-hybridized carbons (Fsp3) is 0.214. The van der Waals surface area contributed by atoms with Crippen molar-refractivity contribution in [3.05, 3.63) is 45.6 Å². The zero-order chi connectivity index (χ0) is 13.4. The number of carbonyl (C=O) groups excluding carboxylic acids is 1. The summed E-state index contributed by atoms with van der Waals surface area (Å²) in [5.41, 5.74) is 2.87. The number of rotatable bonds is 3. The maximum atomic E-state index is 11.3. The molecule has 1 aliphatic heterocycles. The van der Waals surface area contributed by atoms with E-state index in [0.717, 1.165) is 27.4 Å². The van der Waals surface area contributed by atoms with Gasteiger partial charge in [0.1, 0.15) is 5.75 Å². The summed E-state index contributed by atoms with van der Waals surface area (Å²) in [7, 11) is 1.64. The number of carbonyl (C=O) groups is 1. The Labute approximate surface area is 120 Å². The molecule has 1 unspecified atom stereocenters. The minimum absolute atomic E-state index is 0.0342. The summed E-state index contributed by atoms with van der Waals surface area (Å²) in [4.78, 5) is 12.3. The molecule has 0 aliphatic carbocycles. The van der Waals surface area contributed by atoms with Crippen LogP contribution in [0.15, 0.2) is 29.6 Å². The van der Waals surface area contributed by atoms with Gasteiger partial charge in [-0.2, -0.15) is 0 Å². The average Bonchev–Trinajstić information content (AvgIpc) is 3.01. The third kappa shape index (κ3) is 2.22. The highest BCUT2D eigenvalue weighted by Gasteiger charge is 2.22. The largest absolute Gasteiger partial charge is 0.496 e. The predicted octanol–water partition coefficient (Wildman–Crippen LogP) is 3.58. The van der Waals surface area contributed by atoms with Crippen molar-refractivity contribution in [2.24, 2.45) is 0 Å². The number of alkyl halides is 1. The monoisotopic (exact) mass is 293 g/mol. The molecule has 1 atom stereocenters. The summed E-state index contributed by atoms with van der Waals surface area (Å²) >= 11 is 8.09. The lowest BCUT2D eigenvalue weighted by atomic mass is 10.0. The zero-order valence-corrected chi connectivity index (χ0v) is 11.8. The first-order valence-corrected chi connectivity index (χ1v) is 7.19. The van der Waals surface area contributed by atoms with Crippen LogP contribution >= 0.6 is 22.9 Å². The summed E-state index contributed by atoms with van der Waals surface area (Å²) < 4.78 is 5.30. The van der Waals surface area contributed by atoms with Gasteiger partial charge >= 0.3 is 0 Å². The lowest BCUT2D eigenvalue weighted by Gasteiger charge is -2.11. The molecule has 0 fully saturated rings. The fourth-order valence-electron chi connectivity index (χ4n) is 2.22. The van der Waals surface area contributed by atoms with Crippen molar-refractivity contribution < 1.29 is 9.53 Å². The molecule has 0 bridgehead atoms. The summed E-state index contributed by atoms with van der Waals surface area (Å²) in [6.07, 6.45) is 0.425. The van der Waals surface area contributed by atoms with E-state index in [1.165, 1.54) is 0 Å². The Morgan fingerprint density at radius 1 is 1.42 bits per heavy atom. The van der Waals surface area contributed by atoms with E-state index in [1.807, 2.05) is 29.6 Å². The van der Waals surface area contributed by atoms with Gasteiger partial charge in [-0.15, -0.1) is 22.9 Å². The van der Waals surface area contributed by atoms with Crippen LogP contribution in [0.5, 0.6) is 5.75 Å². The molecule has 1 amide bonds. The number of fused-ring (bicyclic) bond motifs is 1. The highest BCUT2D eigenvalue weighted by atomic mass is 35.5. The van der Waals surface area contributed by atoms with E-state index >= 15 is 0 Å². The Bertz CT molecular complexity index is 638. The van der Waals surface area contributed by atoms with E-state index in [2.05, 4.69) is 5.32 Å². The van der Waals surface area contributed by atoms with Gasteiger partial charge in [0.15, 0.2) is 0 Å². The van der Waals surface area contributed by atoms with Crippen molar-refractivity contribution in [2.75, 3.05) is 12.4 Å². The zero-order valence-electron chi connectivity index (χ0n) is 10.3. The minimum atomic E-state index is -0.254. The molecule has 1 aromatic carbocycles. The highest BCUT2D eigenvalue weighted by Crippen LogP contribution is 2.40. The molecular formula is C14H12ClNO2S. The van der Waals surface area contributed by atoms with E-state index in [0.29, 0.717) is 6.42 Å². The van der Waals surface area contributed by atoms with Crippen molar-refractivity contribution in [3.8, 4) is 5.75 Å². The number of halogens is 1. The van der Waals surface area contributed by atoms with E-state index in [1.54, 1.807) is 18.4 Å². The number of hydrogen-bond donors (Lipinski definition) is 1. The quantitative estimate of drug-likeness (QED) is 0.879. The van der Waals surface area contributed by atoms with Crippen LogP contribution in [-0.2, 0) is 11.2 Å². The fourth-order valence-corrected chi connectivity index (χ4v) is 3.48. The van der Waals surface area contributed by atoms with Crippen LogP contribution in [0, 0.1) is 0 Å². The van der Waals surface area contributed by atoms with Crippen LogP contribution in [0.1, 0.15) is 21.4 Å². The number of nitrogens with one attached hydrogen (secondary N) is 1. The number of benzene rings is 1. The Kier molecular flexibility index (Phi) is 3.21. The second-order valence-corrected chi connectivity index (χ2v) is 5.74. The molecule has 19 heavy (non-hydrogen) atoms. The molecule has 3 rings (SSSR count). The third-order valence-corrected chi connectivity index (χ3v) is 4.72. The summed E-state index contributed by atoms with van der Waals surface area (Å²) in [6, 6.07) is 7.75. The number of methoxy groups -OCH3 is 1. The molecule has 2 aromatic rings. The van der Waals surface area contributed by atoms with E-state index in [4.69, 9.17) is 16.3 Å². The first-order chi connectivity index (χ1) is 9.19. The number of hydrogen-bond acceptors (Lipinski definition) is 3. The van der Waals surface area contributed by atoms with Crippen molar-refractivity contribution in [1.82, 2.24) is 0 Å². The van der Waals surface area contributed by atoms with Gasteiger partial charge in [0.25, 0.3) is 0 Å². The molecule has 5 heteroatoms. The maximum Gasteiger partial charge on any atom is 0.228 e. The van der Waals surface area contributed by atoms with Crippen molar-refractivity contribution in [2.45, 2.75) is 11.8 Å². The molecular weight excluding hydrogens is 282 g/mol. The Balaban J connectivity index is 1.95. The van der Waals surface area contributed by atoms with Gasteiger partial charge in [-0.05, 0) is 28.6 Å². The second kappa shape index (κ2) is 4.87. The molecule has 0 radical (unpaired) electrons. The molecule has 2 heterocycles. The molecule has 0 spiro atoms. The smallest absolute Gasteiger partial charge is 0.228 e. The number of ether oxygens (including phenoxy) is 1. The highest BCUT2D eigenvalue weighted by molar-refractivity contribution is 7.10. The van der Waals surface area contributed by atoms with Gasteiger partial charge in [0, 0.05) is 5.69 Å². The first-order valence-electron chi connectivity index (χ1n) is 5.87. The normalized spacial score (nSPS) is 14.9. The van der Waals surface area contributed by atoms with Gasteiger partial charge in [0.05, 0.1) is 23.8 Å². The lowest BCUT2D eigenvalue weighted by molar-refractivity contribution is -0.115. The summed E-state index contributed by atoms with van der Waals surface area (Å²) in [5.74, 6) is 0.840. The average molecular weight is 294 g/mol. The standard InChI is InChI=1S/C14H12ClNO2S/c1-18-11-4-5-19-14(11)13(15)8-2-3-10-9(6-8)7-12(17)16-10/h2-6,13H,7H2,1H3,(H,16,17). The van der Waals surface area contributed by atoms with Crippen LogP contribution in [0.3, 0.4) is 0 Å². The first kappa shape index (κ1) is 12.5. The predicted molar refractivity (Wildman–Crippen MR) is 77.3 cm³/mol. The molecule has 98 valence electrons. The Morgan fingerprint density at radius 3 is 3.05 bits per heavy atom. The van der Waals surface area contributed by atoms with Crippen molar-refractivity contribution in [1.29, 1.82) is 0 Å². The molecule has 0 saturated heterocycles. The lowest BCUT2D eigenvalue weighted by Crippen LogP contribution is -2.03. The molecule has 1 aromatic heterocycles. The number of amides is 1. The Morgan fingerprint density at radius 2 is 2.26 bits per heavy atom. The van der Waals surface area contributed by atoms with Crippen molar-refractivity contribution in [3.63, 3.8) is 0 Å². The van der Waals surface area contributed by atoms with Crippen LogP contribution in [-0.4, -0.2) is 13.0 Å². The van der Waals surface area contributed by atoms with Gasteiger partial charge in [-0.25, -0.2) is 0 Å². The van der Waals surface area contributed by atoms with Crippen LogP contribution < -0.4 is 10.1 Å². The molecule has 1 aliphatic rings. The Hall–Kier alpha value is -1.52. The number of thiophene rings is 1. The molecule has 0 saturated carbocycles. The van der Waals surface area contributed by atoms with E-state index in [9.17, 15) is 4.79 Å². The van der Waals surface area contributed by atoms with Gasteiger partial charge in [-0.3, -0.25) is 4.79 Å². The molecule has 1 N–H and O–H groups in total. The molecule has 3 nitrogen and oxygen atoms in total. The third-order valence-electron chi connectivity index (χ3n) is 3.15. The summed E-state index contributed by atoms with van der Waals surface area (Å²) in [5, 5.41) is 4.52. The SMILES string of the molecule is COc1ccsc1C(Cl)c1ccc2c(c1)CC(=O)N2. The number of anilines is 1. The van der Waals surface area contributed by atoms with Gasteiger partial charge in [0.2, 0.25) is 5.91 Å². The van der Waals surface area contributed by atoms with Gasteiger partial charge < -0.3 is 10.1 Å². The van der Waals surface area contributed by atoms with Crippen molar-refractivity contribution >= 4 is 34.5 Å². The van der Waals surface area contributed by atoms with E-state index < -0.39 is 0 Å².